The summed E-state index contributed by atoms with van der Waals surface area (Å²) in [5.74, 6) is -0.881. The molecular formula is C13H21N3O2. The van der Waals surface area contributed by atoms with Gasteiger partial charge in [-0.3, -0.25) is 9.58 Å². The maximum atomic E-state index is 11.4. The van der Waals surface area contributed by atoms with Gasteiger partial charge in [0, 0.05) is 18.2 Å². The molecule has 1 aromatic heterocycles. The molecular weight excluding hydrogens is 230 g/mol. The van der Waals surface area contributed by atoms with Gasteiger partial charge < -0.3 is 5.11 Å². The number of aromatic carboxylic acids is 1. The number of rotatable bonds is 4. The summed E-state index contributed by atoms with van der Waals surface area (Å²) in [7, 11) is 0. The first-order valence-electron chi connectivity index (χ1n) is 6.61. The first-order valence-corrected chi connectivity index (χ1v) is 6.61. The van der Waals surface area contributed by atoms with E-state index in [1.807, 2.05) is 13.8 Å². The van der Waals surface area contributed by atoms with Crippen LogP contribution in [0.25, 0.3) is 0 Å². The Morgan fingerprint density at radius 2 is 2.06 bits per heavy atom. The molecule has 5 nitrogen and oxygen atoms in total. The number of piperidine rings is 1. The monoisotopic (exact) mass is 251 g/mol. The Hall–Kier alpha value is -1.36. The lowest BCUT2D eigenvalue weighted by Crippen LogP contribution is -2.29. The molecule has 2 heterocycles. The molecule has 18 heavy (non-hydrogen) atoms. The second-order valence-corrected chi connectivity index (χ2v) is 5.20. The van der Waals surface area contributed by atoms with Crippen LogP contribution in [0.3, 0.4) is 0 Å². The lowest BCUT2D eigenvalue weighted by atomic mass is 10.1. The van der Waals surface area contributed by atoms with Crippen molar-refractivity contribution in [1.29, 1.82) is 0 Å². The Morgan fingerprint density at radius 1 is 1.39 bits per heavy atom. The molecule has 0 aromatic carbocycles. The lowest BCUT2D eigenvalue weighted by molar-refractivity contribution is 0.0678. The van der Waals surface area contributed by atoms with E-state index in [9.17, 15) is 9.90 Å². The van der Waals surface area contributed by atoms with Crippen molar-refractivity contribution < 1.29 is 9.90 Å². The summed E-state index contributed by atoms with van der Waals surface area (Å²) in [6, 6.07) is 0.0752. The molecule has 1 aliphatic heterocycles. The van der Waals surface area contributed by atoms with E-state index in [0.29, 0.717) is 12.2 Å². The standard InChI is InChI=1S/C13H21N3O2/c1-10(2)16-12(13(17)18)11(8-14-16)9-15-6-4-3-5-7-15/h8,10H,3-7,9H2,1-2H3,(H,17,18). The minimum atomic E-state index is -0.881. The van der Waals surface area contributed by atoms with E-state index >= 15 is 0 Å². The van der Waals surface area contributed by atoms with Crippen LogP contribution in [0.4, 0.5) is 0 Å². The fourth-order valence-corrected chi connectivity index (χ4v) is 2.50. The van der Waals surface area contributed by atoms with Crippen molar-refractivity contribution in [3.63, 3.8) is 0 Å². The van der Waals surface area contributed by atoms with Crippen LogP contribution in [0.15, 0.2) is 6.20 Å². The summed E-state index contributed by atoms with van der Waals surface area (Å²) < 4.78 is 1.60. The third-order valence-electron chi connectivity index (χ3n) is 3.41. The molecule has 0 atom stereocenters. The number of hydrogen-bond donors (Lipinski definition) is 1. The lowest BCUT2D eigenvalue weighted by Gasteiger charge is -2.26. The maximum absolute atomic E-state index is 11.4. The van der Waals surface area contributed by atoms with E-state index in [4.69, 9.17) is 0 Å². The molecule has 0 unspecified atom stereocenters. The third kappa shape index (κ3) is 2.72. The van der Waals surface area contributed by atoms with Crippen LogP contribution in [0.2, 0.25) is 0 Å². The molecule has 2 rings (SSSR count). The second kappa shape index (κ2) is 5.52. The number of carbonyl (C=O) groups is 1. The summed E-state index contributed by atoms with van der Waals surface area (Å²) in [6.45, 7) is 6.72. The molecule has 5 heteroatoms. The summed E-state index contributed by atoms with van der Waals surface area (Å²) in [5, 5.41) is 13.5. The van der Waals surface area contributed by atoms with E-state index in [0.717, 1.165) is 18.7 Å². The summed E-state index contributed by atoms with van der Waals surface area (Å²) in [4.78, 5) is 13.7. The normalized spacial score (nSPS) is 17.3. The Morgan fingerprint density at radius 3 is 2.61 bits per heavy atom. The van der Waals surface area contributed by atoms with Crippen molar-refractivity contribution in [2.45, 2.75) is 45.7 Å². The van der Waals surface area contributed by atoms with E-state index in [2.05, 4.69) is 10.00 Å². The van der Waals surface area contributed by atoms with Crippen LogP contribution in [0.5, 0.6) is 0 Å². The summed E-state index contributed by atoms with van der Waals surface area (Å²) in [5.41, 5.74) is 1.17. The van der Waals surface area contributed by atoms with Gasteiger partial charge in [-0.15, -0.1) is 0 Å². The Bertz CT molecular complexity index is 420. The number of carboxylic acids is 1. The number of hydrogen-bond acceptors (Lipinski definition) is 3. The highest BCUT2D eigenvalue weighted by molar-refractivity contribution is 5.87. The Balaban J connectivity index is 2.19. The van der Waals surface area contributed by atoms with Crippen LogP contribution in [0, 0.1) is 0 Å². The van der Waals surface area contributed by atoms with Gasteiger partial charge in [0.05, 0.1) is 6.20 Å². The largest absolute Gasteiger partial charge is 0.477 e. The fraction of sp³-hybridized carbons (Fsp3) is 0.692. The molecule has 0 saturated carbocycles. The molecule has 0 bridgehead atoms. The SMILES string of the molecule is CC(C)n1ncc(CN2CCCCC2)c1C(=O)O. The second-order valence-electron chi connectivity index (χ2n) is 5.20. The maximum Gasteiger partial charge on any atom is 0.354 e. The highest BCUT2D eigenvalue weighted by atomic mass is 16.4. The number of aromatic nitrogens is 2. The molecule has 0 aliphatic carbocycles. The fourth-order valence-electron chi connectivity index (χ4n) is 2.50. The van der Waals surface area contributed by atoms with Gasteiger partial charge in [0.25, 0.3) is 0 Å². The van der Waals surface area contributed by atoms with Gasteiger partial charge in [-0.1, -0.05) is 6.42 Å². The highest BCUT2D eigenvalue weighted by Gasteiger charge is 2.21. The quantitative estimate of drug-likeness (QED) is 0.890. The van der Waals surface area contributed by atoms with E-state index < -0.39 is 5.97 Å². The van der Waals surface area contributed by atoms with Gasteiger partial charge in [0.15, 0.2) is 5.69 Å². The van der Waals surface area contributed by atoms with E-state index in [-0.39, 0.29) is 6.04 Å². The topological polar surface area (TPSA) is 58.4 Å². The zero-order valence-electron chi connectivity index (χ0n) is 11.1. The van der Waals surface area contributed by atoms with Gasteiger partial charge in [-0.25, -0.2) is 4.79 Å². The predicted octanol–water partition coefficient (Wildman–Crippen LogP) is 2.15. The average molecular weight is 251 g/mol. The molecule has 1 aromatic rings. The molecule has 100 valence electrons. The minimum Gasteiger partial charge on any atom is -0.477 e. The molecule has 1 saturated heterocycles. The van der Waals surface area contributed by atoms with Crippen molar-refractivity contribution in [2.75, 3.05) is 13.1 Å². The predicted molar refractivity (Wildman–Crippen MR) is 68.7 cm³/mol. The van der Waals surface area contributed by atoms with Crippen molar-refractivity contribution in [2.24, 2.45) is 0 Å². The third-order valence-corrected chi connectivity index (χ3v) is 3.41. The Labute approximate surface area is 107 Å². The molecule has 0 amide bonds. The average Bonchev–Trinajstić information content (AvgIpc) is 2.74. The van der Waals surface area contributed by atoms with Crippen LogP contribution < -0.4 is 0 Å². The number of nitrogens with zero attached hydrogens (tertiary/aromatic N) is 3. The molecule has 0 spiro atoms. The molecule has 0 radical (unpaired) electrons. The summed E-state index contributed by atoms with van der Waals surface area (Å²) in [6.07, 6.45) is 5.41. The smallest absolute Gasteiger partial charge is 0.354 e. The van der Waals surface area contributed by atoms with E-state index in [1.54, 1.807) is 10.9 Å². The molecule has 1 N–H and O–H groups in total. The van der Waals surface area contributed by atoms with Crippen molar-refractivity contribution in [3.8, 4) is 0 Å². The van der Waals surface area contributed by atoms with Gasteiger partial charge in [-0.05, 0) is 39.8 Å². The van der Waals surface area contributed by atoms with Crippen LogP contribution in [0.1, 0.15) is 55.2 Å². The van der Waals surface area contributed by atoms with Gasteiger partial charge >= 0.3 is 5.97 Å². The van der Waals surface area contributed by atoms with Crippen LogP contribution in [-0.2, 0) is 6.54 Å². The zero-order valence-corrected chi connectivity index (χ0v) is 11.1. The first-order chi connectivity index (χ1) is 8.59. The van der Waals surface area contributed by atoms with Crippen LogP contribution >= 0.6 is 0 Å². The zero-order chi connectivity index (χ0) is 13.1. The number of likely N-dealkylation sites (tertiary alicyclic amines) is 1. The minimum absolute atomic E-state index is 0.0752. The van der Waals surface area contributed by atoms with Gasteiger partial charge in [-0.2, -0.15) is 5.10 Å². The van der Waals surface area contributed by atoms with Crippen molar-refractivity contribution in [1.82, 2.24) is 14.7 Å². The van der Waals surface area contributed by atoms with Crippen LogP contribution in [-0.4, -0.2) is 38.8 Å². The van der Waals surface area contributed by atoms with Gasteiger partial charge in [0.2, 0.25) is 0 Å². The van der Waals surface area contributed by atoms with Crippen molar-refractivity contribution >= 4 is 5.97 Å². The summed E-state index contributed by atoms with van der Waals surface area (Å²) >= 11 is 0. The highest BCUT2D eigenvalue weighted by Crippen LogP contribution is 2.18. The van der Waals surface area contributed by atoms with E-state index in [1.165, 1.54) is 19.3 Å². The Kier molecular flexibility index (Phi) is 4.01. The molecule has 1 fully saturated rings. The first kappa shape index (κ1) is 13.1. The number of carboxylic acid groups (broad SMARTS) is 1. The van der Waals surface area contributed by atoms with Gasteiger partial charge in [0.1, 0.15) is 0 Å². The molecule has 1 aliphatic rings. The van der Waals surface area contributed by atoms with Crippen molar-refractivity contribution in [3.05, 3.63) is 17.5 Å².